The minimum atomic E-state index is -0.120. The molecule has 1 aromatic carbocycles. The van der Waals surface area contributed by atoms with E-state index in [0.717, 1.165) is 36.9 Å². The highest BCUT2D eigenvalue weighted by Gasteiger charge is 2.19. The second kappa shape index (κ2) is 5.29. The second-order valence-corrected chi connectivity index (χ2v) is 5.60. The molecule has 2 aromatic rings. The maximum atomic E-state index is 12.2. The van der Waals surface area contributed by atoms with E-state index in [9.17, 15) is 4.79 Å². The summed E-state index contributed by atoms with van der Waals surface area (Å²) in [5.41, 5.74) is 3.16. The molecule has 1 aromatic heterocycles. The molecule has 0 unspecified atom stereocenters. The van der Waals surface area contributed by atoms with Gasteiger partial charge in [-0.15, -0.1) is 0 Å². The number of carbonyl (C=O) groups excluding carboxylic acids is 1. The SMILES string of the molecule is Cc1cc2cc(C(=O)N[C@H]3CCCNC3)oc2cc1C. The van der Waals surface area contributed by atoms with Crippen molar-refractivity contribution in [2.24, 2.45) is 0 Å². The molecule has 0 spiro atoms. The highest BCUT2D eigenvalue weighted by molar-refractivity contribution is 5.96. The Hall–Kier alpha value is -1.81. The van der Waals surface area contributed by atoms with E-state index in [4.69, 9.17) is 4.42 Å². The number of carbonyl (C=O) groups is 1. The molecule has 2 heterocycles. The van der Waals surface area contributed by atoms with Crippen molar-refractivity contribution in [2.75, 3.05) is 13.1 Å². The lowest BCUT2D eigenvalue weighted by Gasteiger charge is -2.23. The highest BCUT2D eigenvalue weighted by atomic mass is 16.3. The van der Waals surface area contributed by atoms with Crippen LogP contribution in [-0.4, -0.2) is 25.0 Å². The molecule has 4 heteroatoms. The van der Waals surface area contributed by atoms with Crippen molar-refractivity contribution in [3.8, 4) is 0 Å². The van der Waals surface area contributed by atoms with Crippen LogP contribution in [0.4, 0.5) is 0 Å². The Balaban J connectivity index is 1.80. The molecule has 1 saturated heterocycles. The molecule has 4 nitrogen and oxygen atoms in total. The van der Waals surface area contributed by atoms with Crippen LogP contribution in [0.1, 0.15) is 34.5 Å². The Morgan fingerprint density at radius 1 is 1.30 bits per heavy atom. The normalized spacial score (nSPS) is 19.2. The van der Waals surface area contributed by atoms with E-state index in [-0.39, 0.29) is 11.9 Å². The Kier molecular flexibility index (Phi) is 3.49. The average molecular weight is 272 g/mol. The van der Waals surface area contributed by atoms with Crippen molar-refractivity contribution in [1.82, 2.24) is 10.6 Å². The number of furan rings is 1. The number of piperidine rings is 1. The van der Waals surface area contributed by atoms with Crippen molar-refractivity contribution in [1.29, 1.82) is 0 Å². The standard InChI is InChI=1S/C16H20N2O2/c1-10-6-12-8-15(20-14(12)7-11(10)2)16(19)18-13-4-3-5-17-9-13/h6-8,13,17H,3-5,9H2,1-2H3,(H,18,19)/t13-/m0/s1. The topological polar surface area (TPSA) is 54.3 Å². The van der Waals surface area contributed by atoms with Crippen LogP contribution >= 0.6 is 0 Å². The maximum Gasteiger partial charge on any atom is 0.287 e. The summed E-state index contributed by atoms with van der Waals surface area (Å²) in [6.45, 7) is 5.99. The number of benzene rings is 1. The fourth-order valence-electron chi connectivity index (χ4n) is 2.65. The Morgan fingerprint density at radius 3 is 2.85 bits per heavy atom. The number of hydrogen-bond donors (Lipinski definition) is 2. The Labute approximate surface area is 118 Å². The number of aryl methyl sites for hydroxylation is 2. The van der Waals surface area contributed by atoms with Crippen LogP contribution in [0.25, 0.3) is 11.0 Å². The first-order valence-electron chi connectivity index (χ1n) is 7.16. The third kappa shape index (κ3) is 2.56. The fraction of sp³-hybridized carbons (Fsp3) is 0.438. The predicted octanol–water partition coefficient (Wildman–Crippen LogP) is 2.53. The van der Waals surface area contributed by atoms with Gasteiger partial charge in [0.25, 0.3) is 5.91 Å². The molecule has 0 radical (unpaired) electrons. The lowest BCUT2D eigenvalue weighted by Crippen LogP contribution is -2.45. The van der Waals surface area contributed by atoms with Gasteiger partial charge in [-0.1, -0.05) is 0 Å². The third-order valence-corrected chi connectivity index (χ3v) is 3.99. The first kappa shape index (κ1) is 13.2. The van der Waals surface area contributed by atoms with Gasteiger partial charge < -0.3 is 15.1 Å². The van der Waals surface area contributed by atoms with Crippen LogP contribution in [-0.2, 0) is 0 Å². The van der Waals surface area contributed by atoms with Gasteiger partial charge in [-0.05, 0) is 62.6 Å². The second-order valence-electron chi connectivity index (χ2n) is 5.60. The van der Waals surface area contributed by atoms with Crippen molar-refractivity contribution in [3.05, 3.63) is 35.1 Å². The molecule has 0 aliphatic carbocycles. The summed E-state index contributed by atoms with van der Waals surface area (Å²) >= 11 is 0. The van der Waals surface area contributed by atoms with Crippen molar-refractivity contribution in [3.63, 3.8) is 0 Å². The van der Waals surface area contributed by atoms with E-state index >= 15 is 0 Å². The quantitative estimate of drug-likeness (QED) is 0.883. The number of hydrogen-bond acceptors (Lipinski definition) is 3. The zero-order chi connectivity index (χ0) is 14.1. The minimum Gasteiger partial charge on any atom is -0.451 e. The molecular formula is C16H20N2O2. The average Bonchev–Trinajstić information content (AvgIpc) is 2.83. The van der Waals surface area contributed by atoms with Crippen LogP contribution in [0.15, 0.2) is 22.6 Å². The van der Waals surface area contributed by atoms with Crippen LogP contribution in [0.5, 0.6) is 0 Å². The lowest BCUT2D eigenvalue weighted by molar-refractivity contribution is 0.0905. The first-order chi connectivity index (χ1) is 9.63. The molecule has 1 fully saturated rings. The molecule has 1 atom stereocenters. The molecule has 106 valence electrons. The van der Waals surface area contributed by atoms with Crippen molar-refractivity contribution in [2.45, 2.75) is 32.7 Å². The molecule has 20 heavy (non-hydrogen) atoms. The van der Waals surface area contributed by atoms with Crippen LogP contribution < -0.4 is 10.6 Å². The van der Waals surface area contributed by atoms with E-state index in [1.165, 1.54) is 11.1 Å². The largest absolute Gasteiger partial charge is 0.451 e. The van der Waals surface area contributed by atoms with Crippen molar-refractivity contribution < 1.29 is 9.21 Å². The lowest BCUT2D eigenvalue weighted by atomic mass is 10.1. The number of fused-ring (bicyclic) bond motifs is 1. The van der Waals surface area contributed by atoms with Crippen LogP contribution in [0.2, 0.25) is 0 Å². The van der Waals surface area contributed by atoms with Gasteiger partial charge in [0, 0.05) is 18.0 Å². The zero-order valence-electron chi connectivity index (χ0n) is 12.0. The molecule has 0 bridgehead atoms. The van der Waals surface area contributed by atoms with Gasteiger partial charge in [-0.25, -0.2) is 0 Å². The molecule has 3 rings (SSSR count). The summed E-state index contributed by atoms with van der Waals surface area (Å²) in [4.78, 5) is 12.2. The van der Waals surface area contributed by atoms with Gasteiger partial charge in [0.05, 0.1) is 0 Å². The van der Waals surface area contributed by atoms with Gasteiger partial charge in [-0.2, -0.15) is 0 Å². The van der Waals surface area contributed by atoms with E-state index < -0.39 is 0 Å². The van der Waals surface area contributed by atoms with Gasteiger partial charge in [0.15, 0.2) is 5.76 Å². The van der Waals surface area contributed by atoms with E-state index in [2.05, 4.69) is 23.6 Å². The van der Waals surface area contributed by atoms with Gasteiger partial charge in [0.2, 0.25) is 0 Å². The summed E-state index contributed by atoms with van der Waals surface area (Å²) in [5, 5.41) is 7.30. The predicted molar refractivity (Wildman–Crippen MR) is 79.0 cm³/mol. The summed E-state index contributed by atoms with van der Waals surface area (Å²) in [5.74, 6) is 0.278. The van der Waals surface area contributed by atoms with Gasteiger partial charge in [-0.3, -0.25) is 4.79 Å². The zero-order valence-corrected chi connectivity index (χ0v) is 12.0. The van der Waals surface area contributed by atoms with E-state index in [1.807, 2.05) is 19.1 Å². The number of rotatable bonds is 2. The summed E-state index contributed by atoms with van der Waals surface area (Å²) in [7, 11) is 0. The number of amides is 1. The molecule has 0 saturated carbocycles. The maximum absolute atomic E-state index is 12.2. The van der Waals surface area contributed by atoms with Gasteiger partial charge in [0.1, 0.15) is 5.58 Å². The van der Waals surface area contributed by atoms with Crippen molar-refractivity contribution >= 4 is 16.9 Å². The smallest absolute Gasteiger partial charge is 0.287 e. The minimum absolute atomic E-state index is 0.120. The monoisotopic (exact) mass is 272 g/mol. The molecule has 1 aliphatic heterocycles. The van der Waals surface area contributed by atoms with E-state index in [1.54, 1.807) is 0 Å². The fourth-order valence-corrected chi connectivity index (χ4v) is 2.65. The summed E-state index contributed by atoms with van der Waals surface area (Å²) in [6, 6.07) is 6.08. The van der Waals surface area contributed by atoms with Gasteiger partial charge >= 0.3 is 0 Å². The molecule has 2 N–H and O–H groups in total. The number of nitrogens with one attached hydrogen (secondary N) is 2. The molecule has 1 amide bonds. The van der Waals surface area contributed by atoms with Crippen LogP contribution in [0.3, 0.4) is 0 Å². The summed E-state index contributed by atoms with van der Waals surface area (Å²) in [6.07, 6.45) is 2.13. The molecule has 1 aliphatic rings. The highest BCUT2D eigenvalue weighted by Crippen LogP contribution is 2.23. The molecular weight excluding hydrogens is 252 g/mol. The van der Waals surface area contributed by atoms with E-state index in [0.29, 0.717) is 5.76 Å². The third-order valence-electron chi connectivity index (χ3n) is 3.99. The Morgan fingerprint density at radius 2 is 2.10 bits per heavy atom. The van der Waals surface area contributed by atoms with Crippen LogP contribution in [0, 0.1) is 13.8 Å². The Bertz CT molecular complexity index is 600. The first-order valence-corrected chi connectivity index (χ1v) is 7.16. The summed E-state index contributed by atoms with van der Waals surface area (Å²) < 4.78 is 5.67.